The summed E-state index contributed by atoms with van der Waals surface area (Å²) < 4.78 is 26.2. The molecule has 18 heavy (non-hydrogen) atoms. The molecule has 0 aromatic heterocycles. The maximum Gasteiger partial charge on any atom is 0.224 e. The molecule has 0 aliphatic carbocycles. The van der Waals surface area contributed by atoms with Crippen LogP contribution in [0.15, 0.2) is 18.2 Å². The highest BCUT2D eigenvalue weighted by atomic mass is 35.5. The van der Waals surface area contributed by atoms with Crippen molar-refractivity contribution in [3.63, 3.8) is 0 Å². The van der Waals surface area contributed by atoms with Crippen LogP contribution in [-0.4, -0.2) is 17.8 Å². The largest absolute Gasteiger partial charge is 0.356 e. The molecule has 1 rings (SSSR count). The minimum absolute atomic E-state index is 0.0243. The molecule has 0 bridgehead atoms. The van der Waals surface area contributed by atoms with Crippen LogP contribution in [-0.2, 0) is 11.2 Å². The molecule has 0 saturated heterocycles. The van der Waals surface area contributed by atoms with E-state index in [4.69, 9.17) is 11.6 Å². The van der Waals surface area contributed by atoms with Crippen molar-refractivity contribution < 1.29 is 13.6 Å². The van der Waals surface area contributed by atoms with Crippen LogP contribution in [0.4, 0.5) is 8.78 Å². The van der Waals surface area contributed by atoms with Gasteiger partial charge in [0, 0.05) is 17.5 Å². The Morgan fingerprint density at radius 2 is 2.17 bits per heavy atom. The van der Waals surface area contributed by atoms with Crippen LogP contribution in [0.1, 0.15) is 25.3 Å². The fraction of sp³-hybridized carbons (Fsp3) is 0.462. The van der Waals surface area contributed by atoms with Gasteiger partial charge in [-0.1, -0.05) is 19.1 Å². The number of alkyl halides is 1. The lowest BCUT2D eigenvalue weighted by molar-refractivity contribution is -0.120. The molecular weight excluding hydrogens is 260 g/mol. The highest BCUT2D eigenvalue weighted by molar-refractivity contribution is 6.20. The molecule has 0 radical (unpaired) electrons. The highest BCUT2D eigenvalue weighted by Gasteiger charge is 2.11. The molecule has 0 heterocycles. The van der Waals surface area contributed by atoms with Crippen molar-refractivity contribution in [2.75, 3.05) is 6.54 Å². The Hall–Kier alpha value is -1.16. The Bertz CT molecular complexity index is 412. The standard InChI is InChI=1S/C13H16ClF2NO/c1-2-10(14)6-7-17-12(18)8-9-4-3-5-11(15)13(9)16/h3-5,10H,2,6-8H2,1H3,(H,17,18). The highest BCUT2D eigenvalue weighted by Crippen LogP contribution is 2.12. The second kappa shape index (κ2) is 7.31. The number of nitrogens with one attached hydrogen (secondary N) is 1. The van der Waals surface area contributed by atoms with E-state index in [0.29, 0.717) is 13.0 Å². The van der Waals surface area contributed by atoms with Gasteiger partial charge in [-0.3, -0.25) is 4.79 Å². The first kappa shape index (κ1) is 14.9. The zero-order valence-electron chi connectivity index (χ0n) is 10.2. The van der Waals surface area contributed by atoms with Crippen molar-refractivity contribution in [2.45, 2.75) is 31.6 Å². The Labute approximate surface area is 110 Å². The van der Waals surface area contributed by atoms with Gasteiger partial charge >= 0.3 is 0 Å². The van der Waals surface area contributed by atoms with Gasteiger partial charge in [0.15, 0.2) is 11.6 Å². The van der Waals surface area contributed by atoms with Crippen molar-refractivity contribution in [3.05, 3.63) is 35.4 Å². The van der Waals surface area contributed by atoms with Gasteiger partial charge in [0.05, 0.1) is 6.42 Å². The number of hydrogen-bond donors (Lipinski definition) is 1. The van der Waals surface area contributed by atoms with Gasteiger partial charge in [-0.05, 0) is 18.9 Å². The number of hydrogen-bond acceptors (Lipinski definition) is 1. The summed E-state index contributed by atoms with van der Waals surface area (Å²) in [4.78, 5) is 11.5. The molecule has 1 amide bonds. The van der Waals surface area contributed by atoms with Gasteiger partial charge in [0.2, 0.25) is 5.91 Å². The van der Waals surface area contributed by atoms with Crippen LogP contribution in [0.3, 0.4) is 0 Å². The first-order valence-corrected chi connectivity index (χ1v) is 6.32. The minimum Gasteiger partial charge on any atom is -0.356 e. The quantitative estimate of drug-likeness (QED) is 0.795. The number of rotatable bonds is 6. The van der Waals surface area contributed by atoms with E-state index in [0.717, 1.165) is 12.5 Å². The number of carbonyl (C=O) groups excluding carboxylic acids is 1. The van der Waals surface area contributed by atoms with Crippen LogP contribution in [0.2, 0.25) is 0 Å². The van der Waals surface area contributed by atoms with E-state index in [1.807, 2.05) is 6.92 Å². The normalized spacial score (nSPS) is 12.2. The van der Waals surface area contributed by atoms with E-state index in [-0.39, 0.29) is 23.3 Å². The molecule has 2 nitrogen and oxygen atoms in total. The fourth-order valence-electron chi connectivity index (χ4n) is 1.49. The summed E-state index contributed by atoms with van der Waals surface area (Å²) in [7, 11) is 0. The molecule has 0 saturated carbocycles. The summed E-state index contributed by atoms with van der Waals surface area (Å²) in [6.07, 6.45) is 1.33. The monoisotopic (exact) mass is 275 g/mol. The van der Waals surface area contributed by atoms with Gasteiger partial charge in [0.1, 0.15) is 0 Å². The van der Waals surface area contributed by atoms with Crippen molar-refractivity contribution >= 4 is 17.5 Å². The fourth-order valence-corrected chi connectivity index (χ4v) is 1.60. The Balaban J connectivity index is 2.43. The third kappa shape index (κ3) is 4.61. The van der Waals surface area contributed by atoms with E-state index in [1.54, 1.807) is 0 Å². The summed E-state index contributed by atoms with van der Waals surface area (Å²) in [5, 5.41) is 2.65. The van der Waals surface area contributed by atoms with Crippen LogP contribution in [0.25, 0.3) is 0 Å². The molecule has 5 heteroatoms. The van der Waals surface area contributed by atoms with Gasteiger partial charge in [-0.25, -0.2) is 8.78 Å². The Kier molecular flexibility index (Phi) is 6.05. The third-order valence-corrected chi connectivity index (χ3v) is 3.13. The second-order valence-electron chi connectivity index (χ2n) is 4.03. The smallest absolute Gasteiger partial charge is 0.224 e. The predicted octanol–water partition coefficient (Wildman–Crippen LogP) is 3.03. The van der Waals surface area contributed by atoms with E-state index < -0.39 is 11.6 Å². The maximum absolute atomic E-state index is 13.3. The van der Waals surface area contributed by atoms with Crippen molar-refractivity contribution in [1.82, 2.24) is 5.32 Å². The van der Waals surface area contributed by atoms with Crippen molar-refractivity contribution in [3.8, 4) is 0 Å². The van der Waals surface area contributed by atoms with Crippen molar-refractivity contribution in [2.24, 2.45) is 0 Å². The van der Waals surface area contributed by atoms with E-state index in [9.17, 15) is 13.6 Å². The zero-order valence-corrected chi connectivity index (χ0v) is 10.9. The van der Waals surface area contributed by atoms with E-state index >= 15 is 0 Å². The summed E-state index contributed by atoms with van der Waals surface area (Å²) in [6, 6.07) is 3.80. The SMILES string of the molecule is CCC(Cl)CCNC(=O)Cc1cccc(F)c1F. The van der Waals surface area contributed by atoms with Gasteiger partial charge in [-0.2, -0.15) is 0 Å². The van der Waals surface area contributed by atoms with Gasteiger partial charge in [0.25, 0.3) is 0 Å². The Morgan fingerprint density at radius 1 is 1.44 bits per heavy atom. The van der Waals surface area contributed by atoms with Crippen LogP contribution >= 0.6 is 11.6 Å². The molecule has 100 valence electrons. The predicted molar refractivity (Wildman–Crippen MR) is 67.6 cm³/mol. The molecule has 1 aromatic rings. The first-order valence-electron chi connectivity index (χ1n) is 5.88. The summed E-state index contributed by atoms with van der Waals surface area (Å²) >= 11 is 5.89. The Morgan fingerprint density at radius 3 is 2.83 bits per heavy atom. The van der Waals surface area contributed by atoms with Crippen LogP contribution < -0.4 is 5.32 Å². The average molecular weight is 276 g/mol. The molecule has 1 aromatic carbocycles. The van der Waals surface area contributed by atoms with Gasteiger partial charge < -0.3 is 5.32 Å². The molecule has 1 N–H and O–H groups in total. The molecular formula is C13H16ClF2NO. The van der Waals surface area contributed by atoms with E-state index in [2.05, 4.69) is 5.32 Å². The number of benzene rings is 1. The molecule has 0 spiro atoms. The van der Waals surface area contributed by atoms with Gasteiger partial charge in [-0.15, -0.1) is 11.6 Å². The molecule has 1 atom stereocenters. The third-order valence-electron chi connectivity index (χ3n) is 2.61. The lowest BCUT2D eigenvalue weighted by Gasteiger charge is -2.08. The molecule has 1 unspecified atom stereocenters. The zero-order chi connectivity index (χ0) is 13.5. The second-order valence-corrected chi connectivity index (χ2v) is 4.65. The van der Waals surface area contributed by atoms with E-state index in [1.165, 1.54) is 12.1 Å². The average Bonchev–Trinajstić information content (AvgIpc) is 2.34. The number of carbonyl (C=O) groups is 1. The minimum atomic E-state index is -0.962. The molecule has 0 aliphatic heterocycles. The lowest BCUT2D eigenvalue weighted by atomic mass is 10.1. The summed E-state index contributed by atoms with van der Waals surface area (Å²) in [5.74, 6) is -2.23. The number of halogens is 3. The molecule has 0 aliphatic rings. The summed E-state index contributed by atoms with van der Waals surface area (Å²) in [5.41, 5.74) is 0.0606. The van der Waals surface area contributed by atoms with Crippen LogP contribution in [0, 0.1) is 11.6 Å². The number of amides is 1. The first-order chi connectivity index (χ1) is 8.54. The van der Waals surface area contributed by atoms with Crippen molar-refractivity contribution in [1.29, 1.82) is 0 Å². The molecule has 0 fully saturated rings. The van der Waals surface area contributed by atoms with Crippen LogP contribution in [0.5, 0.6) is 0 Å². The topological polar surface area (TPSA) is 29.1 Å². The summed E-state index contributed by atoms with van der Waals surface area (Å²) in [6.45, 7) is 2.40. The lowest BCUT2D eigenvalue weighted by Crippen LogP contribution is -2.27. The maximum atomic E-state index is 13.3.